The summed E-state index contributed by atoms with van der Waals surface area (Å²) in [4.78, 5) is 11.2. The SMILES string of the molecule is C=CCn1cc(Cl)[n+](CC(=O)C2(Cl)CC2)c1.[I-]. The quantitative estimate of drug-likeness (QED) is 0.275. The molecule has 1 aliphatic carbocycles. The summed E-state index contributed by atoms with van der Waals surface area (Å²) in [5, 5.41) is 0.538. The number of carbonyl (C=O) groups excluding carboxylic acids is 1. The molecule has 1 aliphatic rings. The first-order valence-electron chi connectivity index (χ1n) is 5.13. The summed E-state index contributed by atoms with van der Waals surface area (Å²) in [5.74, 6) is 0.0393. The molecule has 3 nitrogen and oxygen atoms in total. The Kier molecular flexibility index (Phi) is 5.04. The number of hydrogen-bond acceptors (Lipinski definition) is 1. The lowest BCUT2D eigenvalue weighted by Gasteiger charge is -2.02. The summed E-state index contributed by atoms with van der Waals surface area (Å²) in [7, 11) is 0. The number of aromatic nitrogens is 2. The van der Waals surface area contributed by atoms with E-state index in [-0.39, 0.29) is 36.3 Å². The fraction of sp³-hybridized carbons (Fsp3) is 0.455. The molecule has 0 N–H and O–H groups in total. The third kappa shape index (κ3) is 3.45. The number of nitrogens with zero attached hydrogens (tertiary/aromatic N) is 2. The van der Waals surface area contributed by atoms with Gasteiger partial charge in [0.1, 0.15) is 17.6 Å². The third-order valence-electron chi connectivity index (χ3n) is 2.68. The van der Waals surface area contributed by atoms with Gasteiger partial charge in [-0.2, -0.15) is 0 Å². The summed E-state index contributed by atoms with van der Waals surface area (Å²) in [6.45, 7) is 4.56. The molecule has 0 spiro atoms. The smallest absolute Gasteiger partial charge is 0.245 e. The van der Waals surface area contributed by atoms with Gasteiger partial charge in [0, 0.05) is 0 Å². The Morgan fingerprint density at radius 1 is 1.65 bits per heavy atom. The molecule has 1 heterocycles. The van der Waals surface area contributed by atoms with E-state index < -0.39 is 4.87 Å². The van der Waals surface area contributed by atoms with Crippen LogP contribution in [0, 0.1) is 0 Å². The fourth-order valence-electron chi connectivity index (χ4n) is 1.53. The lowest BCUT2D eigenvalue weighted by atomic mass is 10.2. The monoisotopic (exact) mass is 386 g/mol. The molecule has 1 aromatic heterocycles. The Morgan fingerprint density at radius 2 is 2.29 bits per heavy atom. The zero-order valence-electron chi connectivity index (χ0n) is 9.20. The molecule has 1 aromatic rings. The highest BCUT2D eigenvalue weighted by Crippen LogP contribution is 2.43. The van der Waals surface area contributed by atoms with E-state index in [1.165, 1.54) is 0 Å². The average molecular weight is 387 g/mol. The van der Waals surface area contributed by atoms with Crippen molar-refractivity contribution in [1.29, 1.82) is 0 Å². The molecule has 0 aromatic carbocycles. The summed E-state index contributed by atoms with van der Waals surface area (Å²) in [6.07, 6.45) is 6.89. The fourth-order valence-corrected chi connectivity index (χ4v) is 1.91. The molecule has 2 rings (SSSR count). The summed E-state index contributed by atoms with van der Waals surface area (Å²) < 4.78 is 3.58. The van der Waals surface area contributed by atoms with Crippen LogP contribution in [-0.2, 0) is 17.9 Å². The van der Waals surface area contributed by atoms with E-state index in [9.17, 15) is 4.79 Å². The Hall–Kier alpha value is -0.0700. The minimum atomic E-state index is -0.614. The maximum Gasteiger partial charge on any atom is 0.245 e. The molecule has 94 valence electrons. The summed E-state index contributed by atoms with van der Waals surface area (Å²) in [6, 6.07) is 0. The van der Waals surface area contributed by atoms with E-state index in [0.29, 0.717) is 11.7 Å². The van der Waals surface area contributed by atoms with Crippen LogP contribution in [0.4, 0.5) is 0 Å². The van der Waals surface area contributed by atoms with Gasteiger partial charge in [-0.25, -0.2) is 9.13 Å². The maximum atomic E-state index is 11.8. The molecule has 1 fully saturated rings. The molecule has 0 saturated heterocycles. The molecule has 0 aliphatic heterocycles. The topological polar surface area (TPSA) is 25.9 Å². The van der Waals surface area contributed by atoms with Crippen molar-refractivity contribution in [2.75, 3.05) is 0 Å². The molecule has 0 atom stereocenters. The van der Waals surface area contributed by atoms with E-state index in [4.69, 9.17) is 23.2 Å². The molecule has 0 radical (unpaired) electrons. The number of rotatable bonds is 5. The summed E-state index contributed by atoms with van der Waals surface area (Å²) >= 11 is 12.0. The lowest BCUT2D eigenvalue weighted by Crippen LogP contribution is -3.00. The van der Waals surface area contributed by atoms with Crippen LogP contribution in [0.25, 0.3) is 0 Å². The van der Waals surface area contributed by atoms with Gasteiger partial charge in [-0.1, -0.05) is 12.7 Å². The predicted molar refractivity (Wildman–Crippen MR) is 62.7 cm³/mol. The van der Waals surface area contributed by atoms with E-state index in [1.54, 1.807) is 23.2 Å². The average Bonchev–Trinajstić information content (AvgIpc) is 2.88. The molecule has 1 saturated carbocycles. The first kappa shape index (κ1) is 15.0. The van der Waals surface area contributed by atoms with Gasteiger partial charge in [0.25, 0.3) is 0 Å². The number of halogens is 3. The number of hydrogen-bond donors (Lipinski definition) is 0. The second-order valence-corrected chi connectivity index (χ2v) is 5.18. The highest BCUT2D eigenvalue weighted by Gasteiger charge is 2.48. The zero-order valence-corrected chi connectivity index (χ0v) is 12.9. The molecule has 6 heteroatoms. The molecule has 0 amide bonds. The normalized spacial score (nSPS) is 16.1. The largest absolute Gasteiger partial charge is 1.00 e. The van der Waals surface area contributed by atoms with Crippen molar-refractivity contribution < 1.29 is 33.3 Å². The van der Waals surface area contributed by atoms with Crippen molar-refractivity contribution >= 4 is 29.0 Å². The van der Waals surface area contributed by atoms with Crippen LogP contribution >= 0.6 is 23.2 Å². The van der Waals surface area contributed by atoms with Gasteiger partial charge in [-0.3, -0.25) is 4.79 Å². The Morgan fingerprint density at radius 3 is 2.82 bits per heavy atom. The number of allylic oxidation sites excluding steroid dienone is 1. The van der Waals surface area contributed by atoms with Crippen LogP contribution < -0.4 is 28.5 Å². The second kappa shape index (κ2) is 5.71. The van der Waals surface area contributed by atoms with Crippen molar-refractivity contribution in [3.63, 3.8) is 0 Å². The first-order valence-corrected chi connectivity index (χ1v) is 5.88. The van der Waals surface area contributed by atoms with Crippen LogP contribution in [0.3, 0.4) is 0 Å². The van der Waals surface area contributed by atoms with Crippen molar-refractivity contribution in [3.8, 4) is 0 Å². The molecule has 0 unspecified atom stereocenters. The van der Waals surface area contributed by atoms with Gasteiger partial charge >= 0.3 is 0 Å². The van der Waals surface area contributed by atoms with Gasteiger partial charge in [0.15, 0.2) is 12.3 Å². The minimum absolute atomic E-state index is 0. The highest BCUT2D eigenvalue weighted by atomic mass is 127. The van der Waals surface area contributed by atoms with Crippen LogP contribution in [0.5, 0.6) is 0 Å². The predicted octanol–water partition coefficient (Wildman–Crippen LogP) is -1.04. The van der Waals surface area contributed by atoms with E-state index in [0.717, 1.165) is 12.8 Å². The Balaban J connectivity index is 0.00000144. The lowest BCUT2D eigenvalue weighted by molar-refractivity contribution is -0.681. The molecular weight excluding hydrogens is 374 g/mol. The number of Topliss-reactive ketones (excluding diaryl/α,β-unsaturated/α-hetero) is 1. The highest BCUT2D eigenvalue weighted by molar-refractivity contribution is 6.37. The Bertz CT molecular complexity index is 441. The first-order chi connectivity index (χ1) is 7.55. The van der Waals surface area contributed by atoms with Crippen LogP contribution in [-0.4, -0.2) is 15.2 Å². The van der Waals surface area contributed by atoms with Gasteiger partial charge in [-0.05, 0) is 24.4 Å². The Labute approximate surface area is 127 Å². The van der Waals surface area contributed by atoms with Crippen LogP contribution in [0.15, 0.2) is 25.2 Å². The number of alkyl halides is 1. The van der Waals surface area contributed by atoms with Crippen molar-refractivity contribution in [2.45, 2.75) is 30.8 Å². The van der Waals surface area contributed by atoms with E-state index >= 15 is 0 Å². The third-order valence-corrected chi connectivity index (χ3v) is 3.58. The van der Waals surface area contributed by atoms with Crippen molar-refractivity contribution in [2.24, 2.45) is 0 Å². The van der Waals surface area contributed by atoms with Gasteiger partial charge < -0.3 is 24.0 Å². The van der Waals surface area contributed by atoms with E-state index in [1.807, 2.05) is 4.57 Å². The minimum Gasteiger partial charge on any atom is -1.00 e. The molecule has 0 bridgehead atoms. The van der Waals surface area contributed by atoms with Gasteiger partial charge in [0.2, 0.25) is 11.5 Å². The van der Waals surface area contributed by atoms with Gasteiger partial charge in [-0.15, -0.1) is 11.6 Å². The zero-order chi connectivity index (χ0) is 11.8. The maximum absolute atomic E-state index is 11.8. The van der Waals surface area contributed by atoms with Crippen LogP contribution in [0.1, 0.15) is 12.8 Å². The molecule has 17 heavy (non-hydrogen) atoms. The number of imidazole rings is 1. The van der Waals surface area contributed by atoms with Gasteiger partial charge in [0.05, 0.1) is 0 Å². The molecular formula is C11H13Cl2IN2O. The number of ketones is 1. The summed E-state index contributed by atoms with van der Waals surface area (Å²) in [5.41, 5.74) is 0. The number of carbonyl (C=O) groups is 1. The van der Waals surface area contributed by atoms with E-state index in [2.05, 4.69) is 6.58 Å². The second-order valence-electron chi connectivity index (χ2n) is 4.07. The van der Waals surface area contributed by atoms with Crippen LogP contribution in [0.2, 0.25) is 5.15 Å². The standard InChI is InChI=1S/C11H13Cl2N2O.HI/c1-2-5-14-7-10(12)15(8-14)6-9(16)11(13)3-4-11;/h2,7-8H,1,3-6H2;1H/q+1;/p-1. The van der Waals surface area contributed by atoms with Crippen molar-refractivity contribution in [1.82, 2.24) is 4.57 Å². The van der Waals surface area contributed by atoms with Crippen molar-refractivity contribution in [3.05, 3.63) is 30.3 Å².